The fourth-order valence-electron chi connectivity index (χ4n) is 4.88. The summed E-state index contributed by atoms with van der Waals surface area (Å²) in [7, 11) is 0. The van der Waals surface area contributed by atoms with Gasteiger partial charge >= 0.3 is 0 Å². The Bertz CT molecular complexity index is 1570. The van der Waals surface area contributed by atoms with Gasteiger partial charge in [-0.3, -0.25) is 4.98 Å². The highest BCUT2D eigenvalue weighted by Gasteiger charge is 2.42. The number of benzene rings is 3. The van der Waals surface area contributed by atoms with Crippen LogP contribution in [-0.2, 0) is 0 Å². The maximum absolute atomic E-state index is 6.34. The van der Waals surface area contributed by atoms with Crippen LogP contribution in [0.2, 0.25) is 5.02 Å². The van der Waals surface area contributed by atoms with E-state index < -0.39 is 0 Å². The van der Waals surface area contributed by atoms with Crippen molar-refractivity contribution in [2.24, 2.45) is 0 Å². The van der Waals surface area contributed by atoms with Crippen molar-refractivity contribution < 1.29 is 4.74 Å². The molecule has 0 saturated carbocycles. The average Bonchev–Trinajstić information content (AvgIpc) is 3.56. The average molecular weight is 537 g/mol. The van der Waals surface area contributed by atoms with Crippen molar-refractivity contribution in [2.75, 3.05) is 4.90 Å². The molecule has 1 aliphatic rings. The Balaban J connectivity index is 1.41. The minimum atomic E-state index is -0.149. The van der Waals surface area contributed by atoms with Crippen molar-refractivity contribution in [3.8, 4) is 17.2 Å². The van der Waals surface area contributed by atoms with E-state index >= 15 is 0 Å². The molecule has 5 nitrogen and oxygen atoms in total. The molecule has 6 rings (SSSR count). The molecule has 2 aromatic heterocycles. The molecule has 0 spiro atoms. The molecular weight excluding hydrogens is 512 g/mol. The van der Waals surface area contributed by atoms with Crippen molar-refractivity contribution in [3.63, 3.8) is 0 Å². The second-order valence-electron chi connectivity index (χ2n) is 9.14. The molecule has 7 heteroatoms. The van der Waals surface area contributed by atoms with Gasteiger partial charge in [0.1, 0.15) is 17.5 Å². The molecule has 1 fully saturated rings. The fraction of sp³-hybridized carbons (Fsp3) is 0.0968. The quantitative estimate of drug-likeness (QED) is 0.224. The Morgan fingerprint density at radius 1 is 0.842 bits per heavy atom. The molecule has 2 atom stereocenters. The maximum atomic E-state index is 6.34. The van der Waals surface area contributed by atoms with Gasteiger partial charge in [-0.2, -0.15) is 0 Å². The first-order valence-corrected chi connectivity index (χ1v) is 13.1. The van der Waals surface area contributed by atoms with Crippen LogP contribution in [0.5, 0.6) is 11.5 Å². The lowest BCUT2D eigenvalue weighted by Gasteiger charge is -2.29. The van der Waals surface area contributed by atoms with Gasteiger partial charge in [0.15, 0.2) is 5.11 Å². The normalized spacial score (nSPS) is 16.9. The Hall–Kier alpha value is -4.13. The van der Waals surface area contributed by atoms with Crippen LogP contribution in [0, 0.1) is 6.92 Å². The lowest BCUT2D eigenvalue weighted by Crippen LogP contribution is -2.30. The van der Waals surface area contributed by atoms with Crippen LogP contribution in [0.25, 0.3) is 5.69 Å². The van der Waals surface area contributed by atoms with Crippen LogP contribution < -0.4 is 15.0 Å². The molecule has 0 bridgehead atoms. The second kappa shape index (κ2) is 10.3. The zero-order valence-corrected chi connectivity index (χ0v) is 22.2. The summed E-state index contributed by atoms with van der Waals surface area (Å²) in [5.74, 6) is 1.55. The van der Waals surface area contributed by atoms with Crippen LogP contribution in [-0.4, -0.2) is 14.7 Å². The number of hydrogen-bond donors (Lipinski definition) is 1. The number of aryl methyl sites for hydroxylation is 1. The number of nitrogens with one attached hydrogen (secondary N) is 1. The molecule has 38 heavy (non-hydrogen) atoms. The number of anilines is 1. The van der Waals surface area contributed by atoms with Gasteiger partial charge in [0, 0.05) is 34.5 Å². The molecular formula is C31H25ClN4OS. The van der Waals surface area contributed by atoms with E-state index in [0.717, 1.165) is 44.8 Å². The lowest BCUT2D eigenvalue weighted by molar-refractivity contribution is 0.482. The van der Waals surface area contributed by atoms with E-state index in [1.54, 1.807) is 0 Å². The molecule has 1 aliphatic heterocycles. The summed E-state index contributed by atoms with van der Waals surface area (Å²) in [6, 6.07) is 33.7. The third-order valence-electron chi connectivity index (χ3n) is 6.69. The molecule has 3 aromatic carbocycles. The third-order valence-corrected chi connectivity index (χ3v) is 7.43. The van der Waals surface area contributed by atoms with Gasteiger partial charge in [0.2, 0.25) is 0 Å². The molecule has 0 radical (unpaired) electrons. The number of para-hydroxylation sites is 1. The predicted octanol–water partition coefficient (Wildman–Crippen LogP) is 7.80. The highest BCUT2D eigenvalue weighted by Crippen LogP contribution is 2.42. The van der Waals surface area contributed by atoms with Gasteiger partial charge in [-0.15, -0.1) is 0 Å². The molecule has 0 amide bonds. The standard InChI is InChI=1S/C31H25ClN4OS/c1-21-20-23(14-17-26(21)32)35-19-7-11-28(35)30-29(27-10-5-6-18-33-27)34-31(38)36(30)22-12-15-25(16-13-22)37-24-8-3-2-4-9-24/h2-20,29-30H,1H3,(H,34,38)/t29-,30-/m1/s1. The van der Waals surface area contributed by atoms with Crippen LogP contribution in [0.15, 0.2) is 116 Å². The Kier molecular flexibility index (Phi) is 6.58. The summed E-state index contributed by atoms with van der Waals surface area (Å²) < 4.78 is 8.21. The van der Waals surface area contributed by atoms with Crippen molar-refractivity contribution in [1.82, 2.24) is 14.9 Å². The largest absolute Gasteiger partial charge is 0.457 e. The first kappa shape index (κ1) is 24.2. The van der Waals surface area contributed by atoms with Gasteiger partial charge < -0.3 is 19.5 Å². The number of nitrogens with zero attached hydrogens (tertiary/aromatic N) is 3. The SMILES string of the molecule is Cc1cc(-n2cccc2[C@@H]2[C@@H](c3ccccn3)NC(=S)N2c2ccc(Oc3ccccc3)cc2)ccc1Cl. The summed E-state index contributed by atoms with van der Waals surface area (Å²) in [4.78, 5) is 6.84. The topological polar surface area (TPSA) is 42.3 Å². The summed E-state index contributed by atoms with van der Waals surface area (Å²) >= 11 is 12.3. The number of thiocarbonyl (C=S) groups is 1. The molecule has 0 unspecified atom stereocenters. The molecule has 3 heterocycles. The Morgan fingerprint density at radius 3 is 2.32 bits per heavy atom. The zero-order valence-electron chi connectivity index (χ0n) is 20.7. The summed E-state index contributed by atoms with van der Waals surface area (Å²) in [6.45, 7) is 2.02. The lowest BCUT2D eigenvalue weighted by atomic mass is 10.0. The van der Waals surface area contributed by atoms with E-state index in [1.807, 2.05) is 98.0 Å². The summed E-state index contributed by atoms with van der Waals surface area (Å²) in [5.41, 5.74) is 5.03. The van der Waals surface area contributed by atoms with Gasteiger partial charge in [-0.1, -0.05) is 35.9 Å². The van der Waals surface area contributed by atoms with E-state index in [4.69, 9.17) is 28.6 Å². The zero-order chi connectivity index (χ0) is 26.1. The van der Waals surface area contributed by atoms with E-state index in [-0.39, 0.29) is 12.1 Å². The monoisotopic (exact) mass is 536 g/mol. The fourth-order valence-corrected chi connectivity index (χ4v) is 5.35. The number of pyridine rings is 1. The van der Waals surface area contributed by atoms with Crippen LogP contribution in [0.3, 0.4) is 0 Å². The highest BCUT2D eigenvalue weighted by atomic mass is 35.5. The molecule has 1 saturated heterocycles. The number of aromatic nitrogens is 2. The Labute approximate surface area is 232 Å². The molecule has 188 valence electrons. The second-order valence-corrected chi connectivity index (χ2v) is 9.94. The maximum Gasteiger partial charge on any atom is 0.174 e. The first-order chi connectivity index (χ1) is 18.6. The van der Waals surface area contributed by atoms with E-state index in [0.29, 0.717) is 5.11 Å². The van der Waals surface area contributed by atoms with Crippen molar-refractivity contribution in [2.45, 2.75) is 19.0 Å². The van der Waals surface area contributed by atoms with Crippen LogP contribution >= 0.6 is 23.8 Å². The number of rotatable bonds is 6. The molecule has 0 aliphatic carbocycles. The summed E-state index contributed by atoms with van der Waals surface area (Å²) in [5, 5.41) is 4.93. The first-order valence-electron chi connectivity index (χ1n) is 12.4. The van der Waals surface area contributed by atoms with E-state index in [2.05, 4.69) is 44.2 Å². The minimum Gasteiger partial charge on any atom is -0.457 e. The Morgan fingerprint density at radius 2 is 1.58 bits per heavy atom. The minimum absolute atomic E-state index is 0.147. The molecule has 5 aromatic rings. The van der Waals surface area contributed by atoms with Gasteiger partial charge in [-0.05, 0) is 104 Å². The van der Waals surface area contributed by atoms with Crippen LogP contribution in [0.4, 0.5) is 5.69 Å². The highest BCUT2D eigenvalue weighted by molar-refractivity contribution is 7.80. The van der Waals surface area contributed by atoms with Gasteiger partial charge in [-0.25, -0.2) is 0 Å². The van der Waals surface area contributed by atoms with Crippen molar-refractivity contribution in [3.05, 3.63) is 137 Å². The number of hydrogen-bond acceptors (Lipinski definition) is 3. The summed E-state index contributed by atoms with van der Waals surface area (Å²) in [6.07, 6.45) is 3.89. The van der Waals surface area contributed by atoms with E-state index in [9.17, 15) is 0 Å². The number of halogens is 1. The van der Waals surface area contributed by atoms with Gasteiger partial charge in [0.05, 0.1) is 11.7 Å². The third kappa shape index (κ3) is 4.64. The van der Waals surface area contributed by atoms with Crippen molar-refractivity contribution in [1.29, 1.82) is 0 Å². The number of ether oxygens (including phenoxy) is 1. The van der Waals surface area contributed by atoms with Gasteiger partial charge in [0.25, 0.3) is 0 Å². The molecule has 1 N–H and O–H groups in total. The predicted molar refractivity (Wildman–Crippen MR) is 156 cm³/mol. The van der Waals surface area contributed by atoms with E-state index in [1.165, 1.54) is 0 Å². The smallest absolute Gasteiger partial charge is 0.174 e. The van der Waals surface area contributed by atoms with Crippen molar-refractivity contribution >= 4 is 34.6 Å². The van der Waals surface area contributed by atoms with Crippen LogP contribution in [0.1, 0.15) is 29.0 Å².